The van der Waals surface area contributed by atoms with Crippen LogP contribution in [0.25, 0.3) is 10.9 Å². The van der Waals surface area contributed by atoms with Gasteiger partial charge >= 0.3 is 0 Å². The van der Waals surface area contributed by atoms with E-state index in [-0.39, 0.29) is 0 Å². The minimum atomic E-state index is -0.516. The first-order valence-electron chi connectivity index (χ1n) is 10.8. The van der Waals surface area contributed by atoms with Gasteiger partial charge in [-0.1, -0.05) is 32.6 Å². The van der Waals surface area contributed by atoms with E-state index in [0.717, 1.165) is 48.4 Å². The van der Waals surface area contributed by atoms with Gasteiger partial charge in [-0.2, -0.15) is 0 Å². The molecule has 1 aliphatic rings. The maximum absolute atomic E-state index is 10.9. The normalized spacial score (nSPS) is 17.1. The van der Waals surface area contributed by atoms with E-state index in [1.54, 1.807) is 13.3 Å². The molecular formula is C23H35N3O2. The van der Waals surface area contributed by atoms with E-state index in [0.29, 0.717) is 6.54 Å². The third-order valence-electron chi connectivity index (χ3n) is 5.82. The number of hydrogen-bond acceptors (Lipinski definition) is 5. The summed E-state index contributed by atoms with van der Waals surface area (Å²) in [5.41, 5.74) is 1.83. The molecule has 2 heterocycles. The fourth-order valence-electron chi connectivity index (χ4n) is 4.04. The van der Waals surface area contributed by atoms with Crippen molar-refractivity contribution in [3.63, 3.8) is 0 Å². The molecule has 1 aliphatic heterocycles. The maximum atomic E-state index is 10.9. The second kappa shape index (κ2) is 10.7. The number of ether oxygens (including phenoxy) is 1. The number of pyridine rings is 1. The van der Waals surface area contributed by atoms with E-state index in [4.69, 9.17) is 4.74 Å². The lowest BCUT2D eigenvalue weighted by atomic mass is 10.0. The number of β-amino-alcohol motifs (C(OH)–C–C–N with tert-alkyl or cyclic N) is 1. The minimum Gasteiger partial charge on any atom is -0.497 e. The van der Waals surface area contributed by atoms with Crippen LogP contribution in [0.3, 0.4) is 0 Å². The summed E-state index contributed by atoms with van der Waals surface area (Å²) in [6.07, 6.45) is 7.97. The second-order valence-corrected chi connectivity index (χ2v) is 7.86. The molecule has 1 aromatic heterocycles. The van der Waals surface area contributed by atoms with Crippen LogP contribution in [0.1, 0.15) is 50.7 Å². The van der Waals surface area contributed by atoms with E-state index in [1.165, 1.54) is 38.6 Å². The van der Waals surface area contributed by atoms with Gasteiger partial charge < -0.3 is 14.7 Å². The van der Waals surface area contributed by atoms with Crippen molar-refractivity contribution in [2.45, 2.75) is 45.1 Å². The maximum Gasteiger partial charge on any atom is 0.119 e. The Morgan fingerprint density at radius 3 is 2.54 bits per heavy atom. The van der Waals surface area contributed by atoms with E-state index in [9.17, 15) is 5.11 Å². The van der Waals surface area contributed by atoms with Crippen LogP contribution in [0.5, 0.6) is 5.75 Å². The van der Waals surface area contributed by atoms with Crippen molar-refractivity contribution in [1.82, 2.24) is 14.8 Å². The number of aliphatic hydroxyl groups is 1. The number of hydrogen-bond donors (Lipinski definition) is 1. The van der Waals surface area contributed by atoms with Gasteiger partial charge in [-0.15, -0.1) is 0 Å². The molecule has 0 spiro atoms. The zero-order chi connectivity index (χ0) is 19.8. The number of piperazine rings is 1. The van der Waals surface area contributed by atoms with Crippen LogP contribution in [0, 0.1) is 0 Å². The summed E-state index contributed by atoms with van der Waals surface area (Å²) in [7, 11) is 1.66. The number of aliphatic hydroxyl groups excluding tert-OH is 1. The van der Waals surface area contributed by atoms with Crippen LogP contribution in [0.15, 0.2) is 30.5 Å². The number of benzene rings is 1. The minimum absolute atomic E-state index is 0.516. The number of methoxy groups -OCH3 is 1. The molecule has 1 atom stereocenters. The molecule has 0 aliphatic carbocycles. The molecule has 1 aromatic carbocycles. The Labute approximate surface area is 169 Å². The van der Waals surface area contributed by atoms with Gasteiger partial charge in [0.1, 0.15) is 5.75 Å². The Hall–Kier alpha value is -1.69. The van der Waals surface area contributed by atoms with Crippen LogP contribution in [-0.4, -0.2) is 66.3 Å². The SMILES string of the molecule is CCCCCCCN1CCN(C[C@@H](O)c2ccnc3ccc(OC)cc23)CC1. The molecule has 5 nitrogen and oxygen atoms in total. The molecule has 0 radical (unpaired) electrons. The molecule has 0 saturated carbocycles. The molecule has 0 amide bonds. The molecule has 0 bridgehead atoms. The van der Waals surface area contributed by atoms with Crippen molar-refractivity contribution in [3.8, 4) is 5.75 Å². The molecule has 1 N–H and O–H groups in total. The zero-order valence-electron chi connectivity index (χ0n) is 17.4. The predicted molar refractivity (Wildman–Crippen MR) is 115 cm³/mol. The van der Waals surface area contributed by atoms with Crippen molar-refractivity contribution < 1.29 is 9.84 Å². The number of fused-ring (bicyclic) bond motifs is 1. The first-order chi connectivity index (χ1) is 13.7. The summed E-state index contributed by atoms with van der Waals surface area (Å²) in [5, 5.41) is 11.9. The summed E-state index contributed by atoms with van der Waals surface area (Å²) in [4.78, 5) is 9.37. The van der Waals surface area contributed by atoms with Gasteiger partial charge in [0.15, 0.2) is 0 Å². The molecule has 5 heteroatoms. The second-order valence-electron chi connectivity index (χ2n) is 7.86. The van der Waals surface area contributed by atoms with Crippen LogP contribution in [0.2, 0.25) is 0 Å². The Bertz CT molecular complexity index is 729. The Morgan fingerprint density at radius 1 is 1.04 bits per heavy atom. The lowest BCUT2D eigenvalue weighted by Crippen LogP contribution is -2.47. The monoisotopic (exact) mass is 385 g/mol. The van der Waals surface area contributed by atoms with Crippen LogP contribution in [0.4, 0.5) is 0 Å². The first kappa shape index (κ1) is 21.0. The Morgan fingerprint density at radius 2 is 1.79 bits per heavy atom. The predicted octanol–water partition coefficient (Wildman–Crippen LogP) is 3.86. The number of nitrogens with zero attached hydrogens (tertiary/aromatic N) is 3. The van der Waals surface area contributed by atoms with Crippen molar-refractivity contribution >= 4 is 10.9 Å². The smallest absolute Gasteiger partial charge is 0.119 e. The lowest BCUT2D eigenvalue weighted by molar-refractivity contribution is 0.0726. The van der Waals surface area contributed by atoms with Crippen molar-refractivity contribution in [2.24, 2.45) is 0 Å². The summed E-state index contributed by atoms with van der Waals surface area (Å²) in [6.45, 7) is 8.40. The molecule has 28 heavy (non-hydrogen) atoms. The highest BCUT2D eigenvalue weighted by Gasteiger charge is 2.21. The van der Waals surface area contributed by atoms with E-state index < -0.39 is 6.10 Å². The Balaban J connectivity index is 1.51. The van der Waals surface area contributed by atoms with E-state index >= 15 is 0 Å². The van der Waals surface area contributed by atoms with Gasteiger partial charge in [-0.3, -0.25) is 9.88 Å². The summed E-state index contributed by atoms with van der Waals surface area (Å²) in [5.74, 6) is 0.793. The van der Waals surface area contributed by atoms with Crippen LogP contribution in [-0.2, 0) is 0 Å². The fourth-order valence-corrected chi connectivity index (χ4v) is 4.04. The van der Waals surface area contributed by atoms with Gasteiger partial charge in [-0.25, -0.2) is 0 Å². The van der Waals surface area contributed by atoms with Gasteiger partial charge in [0, 0.05) is 44.3 Å². The summed E-state index contributed by atoms with van der Waals surface area (Å²) < 4.78 is 5.35. The standard InChI is InChI=1S/C23H35N3O2/c1-3-4-5-6-7-12-25-13-15-26(16-14-25)18-23(27)20-10-11-24-22-9-8-19(28-2)17-21(20)22/h8-11,17,23,27H,3-7,12-16,18H2,1-2H3/t23-/m1/s1. The first-order valence-corrected chi connectivity index (χ1v) is 10.8. The highest BCUT2D eigenvalue weighted by atomic mass is 16.5. The molecule has 0 unspecified atom stereocenters. The third-order valence-corrected chi connectivity index (χ3v) is 5.82. The molecule has 2 aromatic rings. The molecular weight excluding hydrogens is 350 g/mol. The highest BCUT2D eigenvalue weighted by molar-refractivity contribution is 5.83. The van der Waals surface area contributed by atoms with Crippen molar-refractivity contribution in [2.75, 3.05) is 46.4 Å². The quantitative estimate of drug-likeness (QED) is 0.629. The topological polar surface area (TPSA) is 48.8 Å². The lowest BCUT2D eigenvalue weighted by Gasteiger charge is -2.35. The van der Waals surface area contributed by atoms with E-state index in [2.05, 4.69) is 21.7 Å². The van der Waals surface area contributed by atoms with E-state index in [1.807, 2.05) is 24.3 Å². The largest absolute Gasteiger partial charge is 0.497 e. The number of rotatable bonds is 10. The average molecular weight is 386 g/mol. The van der Waals surface area contributed by atoms with Crippen molar-refractivity contribution in [3.05, 3.63) is 36.0 Å². The number of unbranched alkanes of at least 4 members (excludes halogenated alkanes) is 4. The van der Waals surface area contributed by atoms with Gasteiger partial charge in [0.05, 0.1) is 18.7 Å². The zero-order valence-corrected chi connectivity index (χ0v) is 17.4. The molecule has 3 rings (SSSR count). The van der Waals surface area contributed by atoms with Gasteiger partial charge in [0.2, 0.25) is 0 Å². The van der Waals surface area contributed by atoms with Crippen molar-refractivity contribution in [1.29, 1.82) is 0 Å². The molecule has 1 saturated heterocycles. The van der Waals surface area contributed by atoms with Gasteiger partial charge in [0.25, 0.3) is 0 Å². The average Bonchev–Trinajstić information content (AvgIpc) is 2.73. The highest BCUT2D eigenvalue weighted by Crippen LogP contribution is 2.27. The van der Waals surface area contributed by atoms with Gasteiger partial charge in [-0.05, 0) is 42.8 Å². The summed E-state index contributed by atoms with van der Waals surface area (Å²) in [6, 6.07) is 7.76. The fraction of sp³-hybridized carbons (Fsp3) is 0.609. The van der Waals surface area contributed by atoms with Crippen LogP contribution >= 0.6 is 0 Å². The number of aromatic nitrogens is 1. The summed E-state index contributed by atoms with van der Waals surface area (Å²) >= 11 is 0. The molecule has 154 valence electrons. The van der Waals surface area contributed by atoms with Crippen LogP contribution < -0.4 is 4.74 Å². The third kappa shape index (κ3) is 5.66. The Kier molecular flexibility index (Phi) is 8.07. The molecule has 1 fully saturated rings.